The van der Waals surface area contributed by atoms with Crippen LogP contribution in [0.3, 0.4) is 0 Å². The molecule has 0 heterocycles. The Labute approximate surface area is 166 Å². The first-order chi connectivity index (χ1) is 13.5. The fraction of sp³-hybridized carbons (Fsp3) is 0.688. The van der Waals surface area contributed by atoms with E-state index in [4.69, 9.17) is 21.1 Å². The van der Waals surface area contributed by atoms with Gasteiger partial charge in [0.2, 0.25) is 17.7 Å². The topological polar surface area (TPSA) is 228 Å². The summed E-state index contributed by atoms with van der Waals surface area (Å²) in [6, 6.07) is -5.77. The fourth-order valence-corrected chi connectivity index (χ4v) is 2.16. The summed E-state index contributed by atoms with van der Waals surface area (Å²) in [5.74, 6) is -6.06. The molecule has 0 saturated heterocycles. The smallest absolute Gasteiger partial charge is 0.328 e. The molecule has 0 aliphatic rings. The Hall–Kier alpha value is -2.77. The molecule has 9 N–H and O–H groups in total. The monoisotopic (exact) mass is 420 g/mol. The van der Waals surface area contributed by atoms with Crippen LogP contribution in [-0.2, 0) is 24.0 Å². The van der Waals surface area contributed by atoms with Crippen molar-refractivity contribution < 1.29 is 44.4 Å². The largest absolute Gasteiger partial charge is 0.481 e. The van der Waals surface area contributed by atoms with Crippen molar-refractivity contribution in [2.24, 2.45) is 11.7 Å². The van der Waals surface area contributed by atoms with Crippen molar-refractivity contribution in [2.75, 3.05) is 13.2 Å². The number of carbonyl (C=O) groups is 5. The van der Waals surface area contributed by atoms with E-state index in [2.05, 4.69) is 10.6 Å². The normalized spacial score (nSPS) is 15.9. The highest BCUT2D eigenvalue weighted by atomic mass is 16.4. The maximum Gasteiger partial charge on any atom is 0.328 e. The molecule has 5 atom stereocenters. The quantitative estimate of drug-likeness (QED) is 0.146. The minimum Gasteiger partial charge on any atom is -0.481 e. The third kappa shape index (κ3) is 8.85. The molecule has 5 unspecified atom stereocenters. The molecule has 0 aliphatic heterocycles. The highest BCUT2D eigenvalue weighted by molar-refractivity contribution is 5.94. The van der Waals surface area contributed by atoms with E-state index in [0.29, 0.717) is 6.42 Å². The van der Waals surface area contributed by atoms with Crippen LogP contribution >= 0.6 is 0 Å². The van der Waals surface area contributed by atoms with Gasteiger partial charge in [0.1, 0.15) is 18.1 Å². The van der Waals surface area contributed by atoms with Crippen molar-refractivity contribution in [3.8, 4) is 0 Å². The predicted octanol–water partition coefficient (Wildman–Crippen LogP) is -3.64. The lowest BCUT2D eigenvalue weighted by Crippen LogP contribution is -2.59. The molecule has 0 rings (SSSR count). The van der Waals surface area contributed by atoms with E-state index >= 15 is 0 Å². The Kier molecular flexibility index (Phi) is 11.4. The van der Waals surface area contributed by atoms with Gasteiger partial charge in [-0.1, -0.05) is 20.3 Å². The first-order valence-corrected chi connectivity index (χ1v) is 8.81. The number of aliphatic hydroxyl groups is 2. The second kappa shape index (κ2) is 12.6. The lowest BCUT2D eigenvalue weighted by atomic mass is 9.97. The number of nitrogens with one attached hydrogen (secondary N) is 3. The van der Waals surface area contributed by atoms with E-state index in [1.54, 1.807) is 13.8 Å². The molecule has 29 heavy (non-hydrogen) atoms. The van der Waals surface area contributed by atoms with Crippen molar-refractivity contribution in [3.05, 3.63) is 0 Å². The van der Waals surface area contributed by atoms with Gasteiger partial charge in [-0.15, -0.1) is 0 Å². The van der Waals surface area contributed by atoms with Crippen LogP contribution in [0.2, 0.25) is 0 Å². The summed E-state index contributed by atoms with van der Waals surface area (Å²) in [6.45, 7) is 1.56. The Balaban J connectivity index is 5.23. The average Bonchev–Trinajstić information content (AvgIpc) is 2.66. The van der Waals surface area contributed by atoms with Gasteiger partial charge in [-0.25, -0.2) is 4.79 Å². The number of hydrogen-bond donors (Lipinski definition) is 8. The van der Waals surface area contributed by atoms with Gasteiger partial charge in [0.05, 0.1) is 25.7 Å². The maximum absolute atomic E-state index is 12.5. The number of carboxylic acids is 2. The van der Waals surface area contributed by atoms with Gasteiger partial charge in [0.15, 0.2) is 0 Å². The van der Waals surface area contributed by atoms with Gasteiger partial charge in [-0.2, -0.15) is 0 Å². The third-order valence-corrected chi connectivity index (χ3v) is 4.14. The Morgan fingerprint density at radius 3 is 1.79 bits per heavy atom. The van der Waals surface area contributed by atoms with Gasteiger partial charge in [-0.05, 0) is 5.92 Å². The SMILES string of the molecule is CCC(C)C(NC(=O)C(N)CC(=O)O)C(=O)NC(CO)C(=O)NC(CO)C(=O)O. The van der Waals surface area contributed by atoms with Crippen molar-refractivity contribution >= 4 is 29.7 Å². The maximum atomic E-state index is 12.5. The summed E-state index contributed by atoms with van der Waals surface area (Å²) >= 11 is 0. The van der Waals surface area contributed by atoms with Gasteiger partial charge >= 0.3 is 11.9 Å². The van der Waals surface area contributed by atoms with Gasteiger partial charge < -0.3 is 42.1 Å². The van der Waals surface area contributed by atoms with E-state index in [0.717, 1.165) is 0 Å². The van der Waals surface area contributed by atoms with E-state index < -0.39 is 79.4 Å². The van der Waals surface area contributed by atoms with Crippen LogP contribution < -0.4 is 21.7 Å². The summed E-state index contributed by atoms with van der Waals surface area (Å²) in [7, 11) is 0. The van der Waals surface area contributed by atoms with Crippen LogP contribution in [0.1, 0.15) is 26.7 Å². The molecular weight excluding hydrogens is 392 g/mol. The molecule has 0 fully saturated rings. The second-order valence-electron chi connectivity index (χ2n) is 6.40. The molecule has 0 aliphatic carbocycles. The summed E-state index contributed by atoms with van der Waals surface area (Å²) in [5, 5.41) is 42.3. The Morgan fingerprint density at radius 1 is 0.862 bits per heavy atom. The minimum absolute atomic E-state index is 0.425. The number of aliphatic hydroxyl groups excluding tert-OH is 2. The van der Waals surface area contributed by atoms with Gasteiger partial charge in [0.25, 0.3) is 0 Å². The molecule has 0 aromatic carbocycles. The van der Waals surface area contributed by atoms with Gasteiger partial charge in [-0.3, -0.25) is 19.2 Å². The van der Waals surface area contributed by atoms with Crippen LogP contribution in [0.25, 0.3) is 0 Å². The van der Waals surface area contributed by atoms with Crippen molar-refractivity contribution in [1.82, 2.24) is 16.0 Å². The Bertz CT molecular complexity index is 613. The fourth-order valence-electron chi connectivity index (χ4n) is 2.16. The third-order valence-electron chi connectivity index (χ3n) is 4.14. The number of rotatable bonds is 13. The molecule has 0 spiro atoms. The van der Waals surface area contributed by atoms with Gasteiger partial charge in [0, 0.05) is 0 Å². The molecule has 3 amide bonds. The zero-order chi connectivity index (χ0) is 22.7. The van der Waals surface area contributed by atoms with E-state index in [1.807, 2.05) is 5.32 Å². The zero-order valence-corrected chi connectivity index (χ0v) is 16.1. The predicted molar refractivity (Wildman–Crippen MR) is 97.3 cm³/mol. The number of aliphatic carboxylic acids is 2. The lowest BCUT2D eigenvalue weighted by molar-refractivity contribution is -0.143. The van der Waals surface area contributed by atoms with Crippen molar-refractivity contribution in [2.45, 2.75) is 50.9 Å². The first kappa shape index (κ1) is 26.2. The molecule has 0 saturated carbocycles. The van der Waals surface area contributed by atoms with Crippen molar-refractivity contribution in [1.29, 1.82) is 0 Å². The van der Waals surface area contributed by atoms with E-state index in [-0.39, 0.29) is 0 Å². The molecular formula is C16H28N4O9. The number of carbonyl (C=O) groups excluding carboxylic acids is 3. The van der Waals surface area contributed by atoms with Crippen LogP contribution in [0.15, 0.2) is 0 Å². The lowest BCUT2D eigenvalue weighted by Gasteiger charge is -2.27. The van der Waals surface area contributed by atoms with E-state index in [9.17, 15) is 29.1 Å². The van der Waals surface area contributed by atoms with Crippen molar-refractivity contribution in [3.63, 3.8) is 0 Å². The zero-order valence-electron chi connectivity index (χ0n) is 16.1. The molecule has 0 radical (unpaired) electrons. The molecule has 0 aromatic heterocycles. The summed E-state index contributed by atoms with van der Waals surface area (Å²) in [6.07, 6.45) is -0.228. The number of amides is 3. The minimum atomic E-state index is -1.63. The molecule has 0 aromatic rings. The molecule has 13 nitrogen and oxygen atoms in total. The molecule has 13 heteroatoms. The number of carboxylic acid groups (broad SMARTS) is 2. The Morgan fingerprint density at radius 2 is 1.38 bits per heavy atom. The van der Waals surface area contributed by atoms with Crippen LogP contribution in [0.4, 0.5) is 0 Å². The van der Waals surface area contributed by atoms with E-state index in [1.165, 1.54) is 0 Å². The summed E-state index contributed by atoms with van der Waals surface area (Å²) in [5.41, 5.74) is 5.47. The summed E-state index contributed by atoms with van der Waals surface area (Å²) in [4.78, 5) is 58.2. The molecule has 166 valence electrons. The number of nitrogens with two attached hydrogens (primary N) is 1. The molecule has 0 bridgehead atoms. The average molecular weight is 420 g/mol. The van der Waals surface area contributed by atoms with Crippen LogP contribution in [0.5, 0.6) is 0 Å². The summed E-state index contributed by atoms with van der Waals surface area (Å²) < 4.78 is 0. The van der Waals surface area contributed by atoms with Crippen LogP contribution in [-0.4, -0.2) is 87.5 Å². The highest BCUT2D eigenvalue weighted by Gasteiger charge is 2.32. The number of hydrogen-bond acceptors (Lipinski definition) is 8. The first-order valence-electron chi connectivity index (χ1n) is 8.81. The standard InChI is InChI=1S/C16H28N4O9/c1-3-7(2)12(20-13(25)8(17)4-11(23)24)15(27)18-9(5-21)14(26)19-10(6-22)16(28)29/h7-10,12,21-22H,3-6,17H2,1-2H3,(H,18,27)(H,19,26)(H,20,25)(H,23,24)(H,28,29). The van der Waals surface area contributed by atoms with Crippen LogP contribution in [0, 0.1) is 5.92 Å². The highest BCUT2D eigenvalue weighted by Crippen LogP contribution is 2.09. The second-order valence-corrected chi connectivity index (χ2v) is 6.40.